The Morgan fingerprint density at radius 1 is 1.47 bits per heavy atom. The fraction of sp³-hybridized carbons (Fsp3) is 0.333. The van der Waals surface area contributed by atoms with E-state index in [4.69, 9.17) is 0 Å². The summed E-state index contributed by atoms with van der Waals surface area (Å²) in [6.45, 7) is 1.81. The third-order valence-corrected chi connectivity index (χ3v) is 3.17. The molecule has 0 aliphatic carbocycles. The molecule has 0 fully saturated rings. The largest absolute Gasteiger partial charge is 0.393 e. The first-order chi connectivity index (χ1) is 7.08. The van der Waals surface area contributed by atoms with Crippen molar-refractivity contribution in [3.05, 3.63) is 34.4 Å². The van der Waals surface area contributed by atoms with Crippen LogP contribution in [0.5, 0.6) is 0 Å². The maximum absolute atomic E-state index is 9.34. The van der Waals surface area contributed by atoms with E-state index >= 15 is 0 Å². The molecule has 1 atom stereocenters. The van der Waals surface area contributed by atoms with Gasteiger partial charge in [-0.05, 0) is 40.9 Å². The highest BCUT2D eigenvalue weighted by Crippen LogP contribution is 2.26. The van der Waals surface area contributed by atoms with Crippen molar-refractivity contribution in [1.29, 1.82) is 0 Å². The van der Waals surface area contributed by atoms with E-state index in [1.54, 1.807) is 0 Å². The maximum atomic E-state index is 9.34. The summed E-state index contributed by atoms with van der Waals surface area (Å²) < 4.78 is 3.20. The molecule has 1 aromatic carbocycles. The molecule has 15 heavy (non-hydrogen) atoms. The van der Waals surface area contributed by atoms with Crippen LogP contribution in [0.4, 0.5) is 0 Å². The van der Waals surface area contributed by atoms with Crippen LogP contribution in [-0.4, -0.2) is 15.8 Å². The summed E-state index contributed by atoms with van der Waals surface area (Å²) in [6.07, 6.45) is 2.47. The van der Waals surface area contributed by atoms with Crippen LogP contribution in [0.25, 0.3) is 10.9 Å². The molecule has 0 radical (unpaired) electrons. The van der Waals surface area contributed by atoms with Crippen molar-refractivity contribution in [2.75, 3.05) is 0 Å². The molecule has 0 aliphatic heterocycles. The Balaban J connectivity index is 2.50. The van der Waals surface area contributed by atoms with Gasteiger partial charge in [-0.1, -0.05) is 12.1 Å². The van der Waals surface area contributed by atoms with Crippen LogP contribution in [0.3, 0.4) is 0 Å². The molecule has 1 unspecified atom stereocenters. The average molecular weight is 268 g/mol. The number of nitrogens with zero attached hydrogens (tertiary/aromatic N) is 1. The van der Waals surface area contributed by atoms with E-state index in [0.29, 0.717) is 6.42 Å². The zero-order valence-electron chi connectivity index (χ0n) is 8.87. The Hall–Kier alpha value is -0.800. The van der Waals surface area contributed by atoms with Gasteiger partial charge >= 0.3 is 0 Å². The predicted molar refractivity (Wildman–Crippen MR) is 66.0 cm³/mol. The third-order valence-electron chi connectivity index (χ3n) is 2.54. The van der Waals surface area contributed by atoms with Crippen LogP contribution >= 0.6 is 15.9 Å². The number of aliphatic hydroxyl groups excluding tert-OH is 1. The lowest BCUT2D eigenvalue weighted by molar-refractivity contribution is 0.195. The molecule has 2 nitrogen and oxygen atoms in total. The smallest absolute Gasteiger partial charge is 0.0552 e. The van der Waals surface area contributed by atoms with Gasteiger partial charge in [0.25, 0.3) is 0 Å². The van der Waals surface area contributed by atoms with Crippen molar-refractivity contribution in [2.45, 2.75) is 19.4 Å². The second-order valence-corrected chi connectivity index (χ2v) is 4.85. The summed E-state index contributed by atoms with van der Waals surface area (Å²) in [6, 6.07) is 6.30. The quantitative estimate of drug-likeness (QED) is 0.890. The van der Waals surface area contributed by atoms with Crippen LogP contribution in [0.2, 0.25) is 0 Å². The second-order valence-electron chi connectivity index (χ2n) is 3.99. The van der Waals surface area contributed by atoms with Gasteiger partial charge < -0.3 is 9.67 Å². The first-order valence-corrected chi connectivity index (χ1v) is 5.79. The van der Waals surface area contributed by atoms with Gasteiger partial charge in [0.1, 0.15) is 0 Å². The lowest BCUT2D eigenvalue weighted by atomic mass is 10.1. The van der Waals surface area contributed by atoms with Gasteiger partial charge in [-0.15, -0.1) is 0 Å². The fourth-order valence-electron chi connectivity index (χ4n) is 1.85. The average Bonchev–Trinajstić information content (AvgIpc) is 2.41. The van der Waals surface area contributed by atoms with Crippen molar-refractivity contribution in [1.82, 2.24) is 4.57 Å². The van der Waals surface area contributed by atoms with Gasteiger partial charge in [-0.3, -0.25) is 0 Å². The highest BCUT2D eigenvalue weighted by atomic mass is 79.9. The number of hydrogen-bond donors (Lipinski definition) is 1. The SMILES string of the molecule is CC(O)Cc1ccc2c(Br)cn(C)c2c1. The molecule has 1 heterocycles. The fourth-order valence-corrected chi connectivity index (χ4v) is 2.49. The molecule has 1 aromatic heterocycles. The van der Waals surface area contributed by atoms with Crippen LogP contribution in [0, 0.1) is 0 Å². The van der Waals surface area contributed by atoms with E-state index in [1.165, 1.54) is 16.5 Å². The van der Waals surface area contributed by atoms with Crippen molar-refractivity contribution >= 4 is 26.8 Å². The van der Waals surface area contributed by atoms with Gasteiger partial charge in [0, 0.05) is 28.6 Å². The summed E-state index contributed by atoms with van der Waals surface area (Å²) in [5.74, 6) is 0. The lowest BCUT2D eigenvalue weighted by Gasteiger charge is -2.05. The molecule has 0 aliphatic rings. The van der Waals surface area contributed by atoms with E-state index in [9.17, 15) is 5.11 Å². The molecule has 1 N–H and O–H groups in total. The number of aryl methyl sites for hydroxylation is 1. The van der Waals surface area contributed by atoms with Crippen LogP contribution in [-0.2, 0) is 13.5 Å². The van der Waals surface area contributed by atoms with Gasteiger partial charge in [-0.2, -0.15) is 0 Å². The Morgan fingerprint density at radius 2 is 2.20 bits per heavy atom. The van der Waals surface area contributed by atoms with Crippen LogP contribution in [0.15, 0.2) is 28.9 Å². The molecule has 0 spiro atoms. The van der Waals surface area contributed by atoms with Gasteiger partial charge in [0.2, 0.25) is 0 Å². The maximum Gasteiger partial charge on any atom is 0.0552 e. The number of aliphatic hydroxyl groups is 1. The Morgan fingerprint density at radius 3 is 2.87 bits per heavy atom. The third kappa shape index (κ3) is 2.08. The molecule has 2 aromatic rings. The number of hydrogen-bond acceptors (Lipinski definition) is 1. The van der Waals surface area contributed by atoms with E-state index in [1.807, 2.05) is 14.0 Å². The Bertz CT molecular complexity index is 488. The van der Waals surface area contributed by atoms with E-state index in [0.717, 1.165) is 4.47 Å². The molecular weight excluding hydrogens is 254 g/mol. The second kappa shape index (κ2) is 3.99. The topological polar surface area (TPSA) is 25.2 Å². The van der Waals surface area contributed by atoms with Gasteiger partial charge in [0.05, 0.1) is 6.10 Å². The van der Waals surface area contributed by atoms with Crippen molar-refractivity contribution < 1.29 is 5.11 Å². The highest BCUT2D eigenvalue weighted by molar-refractivity contribution is 9.10. The van der Waals surface area contributed by atoms with E-state index < -0.39 is 0 Å². The van der Waals surface area contributed by atoms with E-state index in [-0.39, 0.29) is 6.10 Å². The monoisotopic (exact) mass is 267 g/mol. The van der Waals surface area contributed by atoms with Crippen molar-refractivity contribution in [2.24, 2.45) is 7.05 Å². The molecule has 2 rings (SSSR count). The summed E-state index contributed by atoms with van der Waals surface area (Å²) in [7, 11) is 2.03. The Labute approximate surface area is 97.7 Å². The molecular formula is C12H14BrNO. The zero-order valence-corrected chi connectivity index (χ0v) is 10.5. The molecule has 0 saturated carbocycles. The predicted octanol–water partition coefficient (Wildman–Crippen LogP) is 2.86. The summed E-state index contributed by atoms with van der Waals surface area (Å²) >= 11 is 3.52. The summed E-state index contributed by atoms with van der Waals surface area (Å²) in [4.78, 5) is 0. The standard InChI is InChI=1S/C12H14BrNO/c1-8(15)5-9-3-4-10-11(13)7-14(2)12(10)6-9/h3-4,6-8,15H,5H2,1-2H3. The number of rotatable bonds is 2. The molecule has 0 amide bonds. The number of benzene rings is 1. The first-order valence-electron chi connectivity index (χ1n) is 4.99. The first kappa shape index (κ1) is 10.7. The van der Waals surface area contributed by atoms with Gasteiger partial charge in [0.15, 0.2) is 0 Å². The molecule has 80 valence electrons. The van der Waals surface area contributed by atoms with Crippen molar-refractivity contribution in [3.8, 4) is 0 Å². The number of halogens is 1. The van der Waals surface area contributed by atoms with E-state index in [2.05, 4.69) is 44.9 Å². The van der Waals surface area contributed by atoms with Gasteiger partial charge in [-0.25, -0.2) is 0 Å². The number of fused-ring (bicyclic) bond motifs is 1. The van der Waals surface area contributed by atoms with Crippen LogP contribution in [0.1, 0.15) is 12.5 Å². The minimum Gasteiger partial charge on any atom is -0.393 e. The highest BCUT2D eigenvalue weighted by Gasteiger charge is 2.06. The minimum atomic E-state index is -0.286. The normalized spacial score (nSPS) is 13.3. The Kier molecular flexibility index (Phi) is 2.85. The lowest BCUT2D eigenvalue weighted by Crippen LogP contribution is -2.03. The number of aromatic nitrogens is 1. The molecule has 0 bridgehead atoms. The van der Waals surface area contributed by atoms with Crippen molar-refractivity contribution in [3.63, 3.8) is 0 Å². The molecule has 0 saturated heterocycles. The minimum absolute atomic E-state index is 0.286. The zero-order chi connectivity index (χ0) is 11.0. The summed E-state index contributed by atoms with van der Waals surface area (Å²) in [5, 5.41) is 10.6. The summed E-state index contributed by atoms with van der Waals surface area (Å²) in [5.41, 5.74) is 2.37. The molecule has 3 heteroatoms. The van der Waals surface area contributed by atoms with Crippen LogP contribution < -0.4 is 0 Å².